The number of nitrogens with one attached hydrogen (secondary N) is 1. The van der Waals surface area contributed by atoms with Crippen LogP contribution in [0.2, 0.25) is 0 Å². The number of amides is 1. The van der Waals surface area contributed by atoms with Crippen LogP contribution in [0.5, 0.6) is 0 Å². The lowest BCUT2D eigenvalue weighted by atomic mass is 10.1. The normalized spacial score (nSPS) is 16.9. The fourth-order valence-electron chi connectivity index (χ4n) is 3.03. The molecular formula is C20H24N2O. The van der Waals surface area contributed by atoms with Crippen molar-refractivity contribution in [2.45, 2.75) is 33.0 Å². The summed E-state index contributed by atoms with van der Waals surface area (Å²) in [6, 6.07) is 18.3. The molecule has 1 amide bonds. The molecule has 0 radical (unpaired) electrons. The molecule has 2 aromatic rings. The molecule has 0 spiro atoms. The van der Waals surface area contributed by atoms with E-state index in [0.717, 1.165) is 30.6 Å². The molecule has 3 rings (SSSR count). The van der Waals surface area contributed by atoms with Crippen molar-refractivity contribution in [2.24, 2.45) is 5.92 Å². The zero-order valence-electron chi connectivity index (χ0n) is 13.8. The molecule has 1 heterocycles. The summed E-state index contributed by atoms with van der Waals surface area (Å²) in [5, 5.41) is 3.56. The van der Waals surface area contributed by atoms with E-state index < -0.39 is 0 Å². The molecule has 0 aliphatic carbocycles. The molecule has 0 aromatic heterocycles. The molecule has 23 heavy (non-hydrogen) atoms. The SMILES string of the molecule is CC(C)CCN1C(=O)c2ccccc2C1NCc1ccccc1. The zero-order valence-corrected chi connectivity index (χ0v) is 13.8. The van der Waals surface area contributed by atoms with E-state index >= 15 is 0 Å². The fourth-order valence-corrected chi connectivity index (χ4v) is 3.03. The lowest BCUT2D eigenvalue weighted by molar-refractivity contribution is 0.0683. The second-order valence-corrected chi connectivity index (χ2v) is 6.54. The minimum atomic E-state index is -0.0299. The van der Waals surface area contributed by atoms with Gasteiger partial charge in [-0.1, -0.05) is 62.4 Å². The molecule has 1 atom stereocenters. The zero-order chi connectivity index (χ0) is 16.2. The van der Waals surface area contributed by atoms with Gasteiger partial charge in [0, 0.05) is 24.2 Å². The minimum absolute atomic E-state index is 0.0299. The number of benzene rings is 2. The van der Waals surface area contributed by atoms with Crippen molar-refractivity contribution in [1.29, 1.82) is 0 Å². The van der Waals surface area contributed by atoms with E-state index in [1.807, 2.05) is 41.3 Å². The summed E-state index contributed by atoms with van der Waals surface area (Å²) < 4.78 is 0. The van der Waals surface area contributed by atoms with Crippen LogP contribution in [0, 0.1) is 5.92 Å². The van der Waals surface area contributed by atoms with Crippen molar-refractivity contribution < 1.29 is 4.79 Å². The maximum Gasteiger partial charge on any atom is 0.255 e. The van der Waals surface area contributed by atoms with Crippen LogP contribution >= 0.6 is 0 Å². The maximum atomic E-state index is 12.7. The molecule has 0 fully saturated rings. The van der Waals surface area contributed by atoms with Gasteiger partial charge in [0.15, 0.2) is 0 Å². The Balaban J connectivity index is 1.79. The first-order chi connectivity index (χ1) is 11.2. The van der Waals surface area contributed by atoms with Crippen molar-refractivity contribution >= 4 is 5.91 Å². The van der Waals surface area contributed by atoms with Crippen molar-refractivity contribution in [1.82, 2.24) is 10.2 Å². The van der Waals surface area contributed by atoms with Crippen LogP contribution in [0.25, 0.3) is 0 Å². The molecule has 3 nitrogen and oxygen atoms in total. The predicted octanol–water partition coefficient (Wildman–Crippen LogP) is 3.98. The first-order valence-electron chi connectivity index (χ1n) is 8.34. The quantitative estimate of drug-likeness (QED) is 0.875. The van der Waals surface area contributed by atoms with Crippen molar-refractivity contribution in [3.8, 4) is 0 Å². The molecule has 2 aromatic carbocycles. The second-order valence-electron chi connectivity index (χ2n) is 6.54. The van der Waals surface area contributed by atoms with Crippen LogP contribution in [0.3, 0.4) is 0 Å². The highest BCUT2D eigenvalue weighted by atomic mass is 16.2. The molecule has 3 heteroatoms. The standard InChI is InChI=1S/C20H24N2O/c1-15(2)12-13-22-19(21-14-16-8-4-3-5-9-16)17-10-6-7-11-18(17)20(22)23/h3-11,15,19,21H,12-14H2,1-2H3. The lowest BCUT2D eigenvalue weighted by Crippen LogP contribution is -2.37. The Hall–Kier alpha value is -2.13. The third-order valence-corrected chi connectivity index (χ3v) is 4.35. The number of rotatable bonds is 6. The Bertz CT molecular complexity index is 666. The van der Waals surface area contributed by atoms with Crippen LogP contribution < -0.4 is 5.32 Å². The summed E-state index contributed by atoms with van der Waals surface area (Å²) >= 11 is 0. The van der Waals surface area contributed by atoms with Gasteiger partial charge >= 0.3 is 0 Å². The summed E-state index contributed by atoms with van der Waals surface area (Å²) in [6.45, 7) is 5.93. The van der Waals surface area contributed by atoms with E-state index in [1.165, 1.54) is 5.56 Å². The average Bonchev–Trinajstić information content (AvgIpc) is 2.84. The molecule has 0 saturated heterocycles. The summed E-state index contributed by atoms with van der Waals surface area (Å²) in [7, 11) is 0. The second kappa shape index (κ2) is 6.97. The van der Waals surface area contributed by atoms with Crippen LogP contribution in [-0.4, -0.2) is 17.4 Å². The van der Waals surface area contributed by atoms with Crippen molar-refractivity contribution in [3.05, 3.63) is 71.3 Å². The fraction of sp³-hybridized carbons (Fsp3) is 0.350. The van der Waals surface area contributed by atoms with E-state index in [1.54, 1.807) is 0 Å². The largest absolute Gasteiger partial charge is 0.319 e. The van der Waals surface area contributed by atoms with Gasteiger partial charge in [0.05, 0.1) is 0 Å². The van der Waals surface area contributed by atoms with Crippen LogP contribution in [0.4, 0.5) is 0 Å². The minimum Gasteiger partial charge on any atom is -0.319 e. The highest BCUT2D eigenvalue weighted by Gasteiger charge is 2.35. The van der Waals surface area contributed by atoms with E-state index in [4.69, 9.17) is 0 Å². The smallest absolute Gasteiger partial charge is 0.255 e. The van der Waals surface area contributed by atoms with Crippen molar-refractivity contribution in [3.63, 3.8) is 0 Å². The molecule has 1 aliphatic rings. The lowest BCUT2D eigenvalue weighted by Gasteiger charge is -2.27. The Kier molecular flexibility index (Phi) is 4.77. The van der Waals surface area contributed by atoms with Gasteiger partial charge in [0.25, 0.3) is 5.91 Å². The van der Waals surface area contributed by atoms with Crippen LogP contribution in [-0.2, 0) is 6.54 Å². The maximum absolute atomic E-state index is 12.7. The molecule has 0 bridgehead atoms. The number of hydrogen-bond acceptors (Lipinski definition) is 2. The highest BCUT2D eigenvalue weighted by molar-refractivity contribution is 5.99. The Labute approximate surface area is 138 Å². The Morgan fingerprint density at radius 3 is 2.48 bits per heavy atom. The first-order valence-corrected chi connectivity index (χ1v) is 8.34. The van der Waals surface area contributed by atoms with Gasteiger partial charge < -0.3 is 4.90 Å². The summed E-state index contributed by atoms with van der Waals surface area (Å²) in [6.07, 6.45) is 0.987. The summed E-state index contributed by atoms with van der Waals surface area (Å²) in [5.41, 5.74) is 3.16. The molecule has 1 unspecified atom stereocenters. The van der Waals surface area contributed by atoms with E-state index in [2.05, 4.69) is 37.4 Å². The van der Waals surface area contributed by atoms with Gasteiger partial charge in [0.2, 0.25) is 0 Å². The van der Waals surface area contributed by atoms with E-state index in [0.29, 0.717) is 5.92 Å². The third kappa shape index (κ3) is 3.45. The van der Waals surface area contributed by atoms with Gasteiger partial charge in [-0.2, -0.15) is 0 Å². The summed E-state index contributed by atoms with van der Waals surface area (Å²) in [4.78, 5) is 14.7. The molecule has 1 aliphatic heterocycles. The van der Waals surface area contributed by atoms with E-state index in [9.17, 15) is 4.79 Å². The van der Waals surface area contributed by atoms with Crippen LogP contribution in [0.15, 0.2) is 54.6 Å². The molecular weight excluding hydrogens is 284 g/mol. The van der Waals surface area contributed by atoms with E-state index in [-0.39, 0.29) is 12.1 Å². The van der Waals surface area contributed by atoms with Gasteiger partial charge in [-0.25, -0.2) is 0 Å². The molecule has 0 saturated carbocycles. The monoisotopic (exact) mass is 308 g/mol. The van der Waals surface area contributed by atoms with Gasteiger partial charge in [-0.3, -0.25) is 10.1 Å². The number of carbonyl (C=O) groups excluding carboxylic acids is 1. The average molecular weight is 308 g/mol. The Morgan fingerprint density at radius 1 is 1.04 bits per heavy atom. The van der Waals surface area contributed by atoms with Gasteiger partial charge in [-0.05, 0) is 24.0 Å². The third-order valence-electron chi connectivity index (χ3n) is 4.35. The number of carbonyl (C=O) groups is 1. The topological polar surface area (TPSA) is 32.3 Å². The summed E-state index contributed by atoms with van der Waals surface area (Å²) in [5.74, 6) is 0.730. The molecule has 120 valence electrons. The molecule has 1 N–H and O–H groups in total. The highest BCUT2D eigenvalue weighted by Crippen LogP contribution is 2.32. The van der Waals surface area contributed by atoms with Gasteiger partial charge in [0.1, 0.15) is 6.17 Å². The van der Waals surface area contributed by atoms with Crippen LogP contribution in [0.1, 0.15) is 47.9 Å². The van der Waals surface area contributed by atoms with Crippen molar-refractivity contribution in [2.75, 3.05) is 6.54 Å². The van der Waals surface area contributed by atoms with Gasteiger partial charge in [-0.15, -0.1) is 0 Å². The number of fused-ring (bicyclic) bond motifs is 1. The number of nitrogens with zero attached hydrogens (tertiary/aromatic N) is 1. The Morgan fingerprint density at radius 2 is 1.74 bits per heavy atom. The number of hydrogen-bond donors (Lipinski definition) is 1. The predicted molar refractivity (Wildman–Crippen MR) is 93.0 cm³/mol. The first kappa shape index (κ1) is 15.8.